The normalized spacial score (nSPS) is 8.29. The van der Waals surface area contributed by atoms with Crippen LogP contribution in [-0.4, -0.2) is 26.7 Å². The van der Waals surface area contributed by atoms with Crippen LogP contribution in [0.25, 0.3) is 0 Å². The number of carbonyl (C=O) groups excluding carboxylic acids is 1. The summed E-state index contributed by atoms with van der Waals surface area (Å²) in [4.78, 5) is 10.1. The van der Waals surface area contributed by atoms with Crippen molar-refractivity contribution in [2.75, 3.05) is 20.7 Å². The van der Waals surface area contributed by atoms with E-state index in [1.165, 1.54) is 7.11 Å². The molecule has 1 N–H and O–H groups in total. The van der Waals surface area contributed by atoms with Gasteiger partial charge in [-0.15, -0.1) is 0 Å². The molecule has 7 heavy (non-hydrogen) atoms. The van der Waals surface area contributed by atoms with Gasteiger partial charge in [0.1, 0.15) is 0 Å². The van der Waals surface area contributed by atoms with Crippen molar-refractivity contribution < 1.29 is 9.53 Å². The third kappa shape index (κ3) is 3.26. The molecular formula is C4H9NO2. The Morgan fingerprint density at radius 1 is 1.86 bits per heavy atom. The Balaban J connectivity index is 3.00. The van der Waals surface area contributed by atoms with Crippen molar-refractivity contribution in [3.8, 4) is 0 Å². The minimum atomic E-state index is -0.234. The van der Waals surface area contributed by atoms with Crippen molar-refractivity contribution in [3.63, 3.8) is 0 Å². The van der Waals surface area contributed by atoms with E-state index < -0.39 is 0 Å². The van der Waals surface area contributed by atoms with E-state index in [9.17, 15) is 4.79 Å². The van der Waals surface area contributed by atoms with E-state index in [1.54, 1.807) is 7.05 Å². The fraction of sp³-hybridized carbons (Fsp3) is 0.750. The van der Waals surface area contributed by atoms with Crippen molar-refractivity contribution in [1.29, 1.82) is 0 Å². The minimum Gasteiger partial charge on any atom is -0.468 e. The number of rotatable bonds is 2. The summed E-state index contributed by atoms with van der Waals surface area (Å²) in [5.41, 5.74) is 0. The van der Waals surface area contributed by atoms with Gasteiger partial charge in [0.25, 0.3) is 0 Å². The average Bonchev–Trinajstić information content (AvgIpc) is 1.68. The number of esters is 1. The van der Waals surface area contributed by atoms with Crippen molar-refractivity contribution in [3.05, 3.63) is 0 Å². The first kappa shape index (κ1) is 6.43. The molecule has 0 saturated heterocycles. The zero-order chi connectivity index (χ0) is 5.70. The molecule has 0 spiro atoms. The molecule has 0 rings (SSSR count). The number of hydrogen-bond donors (Lipinski definition) is 1. The lowest BCUT2D eigenvalue weighted by Gasteiger charge is -1.93. The minimum absolute atomic E-state index is 0.234. The predicted molar refractivity (Wildman–Crippen MR) is 25.9 cm³/mol. The summed E-state index contributed by atoms with van der Waals surface area (Å²) in [6.07, 6.45) is 0. The van der Waals surface area contributed by atoms with Crippen LogP contribution in [0.15, 0.2) is 0 Å². The first-order valence-electron chi connectivity index (χ1n) is 2.02. The maximum atomic E-state index is 10.1. The predicted octanol–water partition coefficient (Wildman–Crippen LogP) is -0.621. The Morgan fingerprint density at radius 2 is 2.43 bits per heavy atom. The summed E-state index contributed by atoms with van der Waals surface area (Å²) in [7, 11) is 3.05. The number of hydrogen-bond acceptors (Lipinski definition) is 3. The second-order valence-corrected chi connectivity index (χ2v) is 1.11. The molecule has 0 aromatic carbocycles. The first-order chi connectivity index (χ1) is 3.31. The first-order valence-corrected chi connectivity index (χ1v) is 2.02. The second-order valence-electron chi connectivity index (χ2n) is 1.11. The maximum absolute atomic E-state index is 10.1. The summed E-state index contributed by atoms with van der Waals surface area (Å²) in [6, 6.07) is 0. The Hall–Kier alpha value is -0.570. The largest absolute Gasteiger partial charge is 0.468 e. The fourth-order valence-corrected chi connectivity index (χ4v) is 0.217. The number of carbonyl (C=O) groups is 1. The van der Waals surface area contributed by atoms with Gasteiger partial charge in [-0.05, 0) is 7.05 Å². The van der Waals surface area contributed by atoms with E-state index in [0.29, 0.717) is 0 Å². The highest BCUT2D eigenvalue weighted by Crippen LogP contribution is 1.64. The summed E-state index contributed by atoms with van der Waals surface area (Å²) in [5.74, 6) is -0.234. The van der Waals surface area contributed by atoms with E-state index in [-0.39, 0.29) is 12.5 Å². The second kappa shape index (κ2) is 3.61. The van der Waals surface area contributed by atoms with Crippen LogP contribution < -0.4 is 5.32 Å². The molecule has 0 aromatic heterocycles. The lowest BCUT2D eigenvalue weighted by molar-refractivity contribution is -0.139. The maximum Gasteiger partial charge on any atom is 0.319 e. The van der Waals surface area contributed by atoms with Crippen LogP contribution in [0.3, 0.4) is 0 Å². The standard InChI is InChI=1S/C4H9NO2/c1-5-3-4(6)7-2/h5H,3H2,1-2H3/i1-1. The van der Waals surface area contributed by atoms with Gasteiger partial charge in [-0.25, -0.2) is 0 Å². The van der Waals surface area contributed by atoms with Gasteiger partial charge >= 0.3 is 5.97 Å². The van der Waals surface area contributed by atoms with Crippen LogP contribution in [-0.2, 0) is 9.53 Å². The Labute approximate surface area is 42.7 Å². The lowest BCUT2D eigenvalue weighted by atomic mass is 10.5. The zero-order valence-electron chi connectivity index (χ0n) is 4.52. The molecule has 3 heteroatoms. The Bertz CT molecular complexity index is 62.7. The van der Waals surface area contributed by atoms with Crippen LogP contribution in [0.4, 0.5) is 0 Å². The average molecular weight is 102 g/mol. The van der Waals surface area contributed by atoms with Crippen LogP contribution >= 0.6 is 0 Å². The molecule has 0 aliphatic rings. The molecule has 0 radical (unpaired) electrons. The summed E-state index contributed by atoms with van der Waals surface area (Å²) >= 11 is 0. The third-order valence-corrected chi connectivity index (χ3v) is 0.549. The van der Waals surface area contributed by atoms with Gasteiger partial charge in [-0.1, -0.05) is 0 Å². The zero-order valence-corrected chi connectivity index (χ0v) is 4.52. The molecular weight excluding hydrogens is 93.0 g/mol. The van der Waals surface area contributed by atoms with Gasteiger partial charge in [-0.3, -0.25) is 4.79 Å². The van der Waals surface area contributed by atoms with E-state index in [1.807, 2.05) is 0 Å². The van der Waals surface area contributed by atoms with Crippen LogP contribution in [0.5, 0.6) is 0 Å². The SMILES string of the molecule is COC(=O)CN[11CH3]. The van der Waals surface area contributed by atoms with E-state index in [2.05, 4.69) is 10.1 Å². The molecule has 0 aliphatic heterocycles. The van der Waals surface area contributed by atoms with Gasteiger partial charge in [0.2, 0.25) is 0 Å². The topological polar surface area (TPSA) is 38.3 Å². The summed E-state index contributed by atoms with van der Waals surface area (Å²) in [6.45, 7) is 0.288. The number of methoxy groups -OCH3 is 1. The quantitative estimate of drug-likeness (QED) is 0.472. The highest BCUT2D eigenvalue weighted by Gasteiger charge is 1.91. The van der Waals surface area contributed by atoms with Crippen LogP contribution in [0.1, 0.15) is 0 Å². The fourth-order valence-electron chi connectivity index (χ4n) is 0.217. The van der Waals surface area contributed by atoms with Gasteiger partial charge in [0.05, 0.1) is 13.7 Å². The number of nitrogens with one attached hydrogen (secondary N) is 1. The molecule has 0 aliphatic carbocycles. The summed E-state index contributed by atoms with van der Waals surface area (Å²) in [5, 5.41) is 2.64. The molecule has 0 amide bonds. The molecule has 0 atom stereocenters. The smallest absolute Gasteiger partial charge is 0.319 e. The molecule has 0 heterocycles. The van der Waals surface area contributed by atoms with Gasteiger partial charge < -0.3 is 10.1 Å². The number of ether oxygens (including phenoxy) is 1. The molecule has 3 nitrogen and oxygen atoms in total. The van der Waals surface area contributed by atoms with Crippen molar-refractivity contribution in [2.24, 2.45) is 0 Å². The molecule has 0 unspecified atom stereocenters. The molecule has 0 saturated carbocycles. The van der Waals surface area contributed by atoms with E-state index >= 15 is 0 Å². The third-order valence-electron chi connectivity index (χ3n) is 0.549. The van der Waals surface area contributed by atoms with E-state index in [0.717, 1.165) is 0 Å². The van der Waals surface area contributed by atoms with Crippen molar-refractivity contribution in [2.45, 2.75) is 0 Å². The van der Waals surface area contributed by atoms with Gasteiger partial charge in [0, 0.05) is 0 Å². The van der Waals surface area contributed by atoms with Gasteiger partial charge in [0.15, 0.2) is 0 Å². The molecule has 0 aromatic rings. The molecule has 0 fully saturated rings. The van der Waals surface area contributed by atoms with Crippen molar-refractivity contribution >= 4 is 5.97 Å². The Morgan fingerprint density at radius 3 is 2.57 bits per heavy atom. The van der Waals surface area contributed by atoms with Crippen LogP contribution in [0.2, 0.25) is 0 Å². The van der Waals surface area contributed by atoms with Crippen LogP contribution in [0, 0.1) is 0 Å². The van der Waals surface area contributed by atoms with Crippen molar-refractivity contribution in [1.82, 2.24) is 5.32 Å². The molecule has 0 bridgehead atoms. The Kier molecular flexibility index (Phi) is 3.32. The molecule has 42 valence electrons. The lowest BCUT2D eigenvalue weighted by Crippen LogP contribution is -2.19. The highest BCUT2D eigenvalue weighted by molar-refractivity contribution is 5.71. The summed E-state index contributed by atoms with van der Waals surface area (Å²) < 4.78 is 4.29. The highest BCUT2D eigenvalue weighted by atomic mass is 16.5. The number of likely N-dealkylation sites (N-methyl/N-ethyl adjacent to an activating group) is 1. The van der Waals surface area contributed by atoms with Gasteiger partial charge in [-0.2, -0.15) is 0 Å². The van der Waals surface area contributed by atoms with E-state index in [4.69, 9.17) is 0 Å². The monoisotopic (exact) mass is 102 g/mol.